The van der Waals surface area contributed by atoms with Crippen LogP contribution in [-0.2, 0) is 4.74 Å². The fraction of sp³-hybridized carbons (Fsp3) is 0.562. The molecule has 1 unspecified atom stereocenters. The second kappa shape index (κ2) is 6.44. The van der Waals surface area contributed by atoms with Gasteiger partial charge in [-0.05, 0) is 44.2 Å². The van der Waals surface area contributed by atoms with E-state index in [4.69, 9.17) is 4.74 Å². The molecule has 0 N–H and O–H groups in total. The van der Waals surface area contributed by atoms with Crippen molar-refractivity contribution < 1.29 is 14.5 Å². The maximum Gasteiger partial charge on any atom is 0.338 e. The number of non-ortho nitro benzene ring substituents is 1. The van der Waals surface area contributed by atoms with E-state index < -0.39 is 10.9 Å². The summed E-state index contributed by atoms with van der Waals surface area (Å²) in [4.78, 5) is 24.7. The number of esters is 1. The van der Waals surface area contributed by atoms with Crippen molar-refractivity contribution in [1.82, 2.24) is 4.90 Å². The third-order valence-corrected chi connectivity index (χ3v) is 4.39. The quantitative estimate of drug-likeness (QED) is 0.459. The number of hydrogen-bond donors (Lipinski definition) is 0. The van der Waals surface area contributed by atoms with Crippen LogP contribution in [0.25, 0.3) is 0 Å². The second-order valence-electron chi connectivity index (χ2n) is 6.14. The van der Waals surface area contributed by atoms with Gasteiger partial charge in [-0.25, -0.2) is 4.79 Å². The van der Waals surface area contributed by atoms with E-state index in [1.807, 2.05) is 0 Å². The number of carbonyl (C=O) groups is 1. The Hall–Kier alpha value is -1.95. The van der Waals surface area contributed by atoms with Gasteiger partial charge in [0, 0.05) is 24.7 Å². The van der Waals surface area contributed by atoms with Crippen molar-refractivity contribution >= 4 is 11.7 Å². The second-order valence-corrected chi connectivity index (χ2v) is 6.14. The van der Waals surface area contributed by atoms with Gasteiger partial charge in [-0.2, -0.15) is 0 Å². The molecular formula is C16H20N2O4. The van der Waals surface area contributed by atoms with Crippen LogP contribution in [0, 0.1) is 16.0 Å². The molecule has 1 aromatic carbocycles. The summed E-state index contributed by atoms with van der Waals surface area (Å²) in [7, 11) is 0. The first-order valence-electron chi connectivity index (χ1n) is 7.79. The van der Waals surface area contributed by atoms with Crippen molar-refractivity contribution in [1.29, 1.82) is 0 Å². The van der Waals surface area contributed by atoms with Gasteiger partial charge >= 0.3 is 5.97 Å². The molecule has 1 aromatic rings. The smallest absolute Gasteiger partial charge is 0.338 e. The Morgan fingerprint density at radius 3 is 2.91 bits per heavy atom. The molecule has 0 radical (unpaired) electrons. The summed E-state index contributed by atoms with van der Waals surface area (Å²) in [5.41, 5.74) is 0.145. The van der Waals surface area contributed by atoms with Crippen LogP contribution in [0.3, 0.4) is 0 Å². The zero-order chi connectivity index (χ0) is 15.5. The molecule has 1 atom stereocenters. The minimum absolute atomic E-state index is 0.0920. The topological polar surface area (TPSA) is 72.7 Å². The first kappa shape index (κ1) is 15.0. The van der Waals surface area contributed by atoms with E-state index in [2.05, 4.69) is 4.90 Å². The Kier molecular flexibility index (Phi) is 4.38. The summed E-state index contributed by atoms with van der Waals surface area (Å²) in [6, 6.07) is 5.97. The average molecular weight is 304 g/mol. The van der Waals surface area contributed by atoms with Crippen LogP contribution in [0.2, 0.25) is 0 Å². The van der Waals surface area contributed by atoms with Gasteiger partial charge in [0.1, 0.15) is 6.61 Å². The number of rotatable bonds is 6. The molecule has 1 saturated carbocycles. The molecule has 118 valence electrons. The molecule has 0 bridgehead atoms. The zero-order valence-electron chi connectivity index (χ0n) is 12.4. The molecule has 2 fully saturated rings. The van der Waals surface area contributed by atoms with Crippen LogP contribution >= 0.6 is 0 Å². The van der Waals surface area contributed by atoms with Gasteiger partial charge in [-0.15, -0.1) is 0 Å². The number of nitro groups is 1. The number of likely N-dealkylation sites (tertiary alicyclic amines) is 1. The minimum Gasteiger partial charge on any atom is -0.460 e. The van der Waals surface area contributed by atoms with E-state index in [9.17, 15) is 14.9 Å². The Bertz CT molecular complexity index is 571. The number of hydrogen-bond acceptors (Lipinski definition) is 5. The predicted octanol–water partition coefficient (Wildman–Crippen LogP) is 2.63. The molecule has 0 amide bonds. The molecule has 6 heteroatoms. The highest BCUT2D eigenvalue weighted by Gasteiger charge is 2.31. The van der Waals surface area contributed by atoms with Crippen LogP contribution in [0.5, 0.6) is 0 Å². The molecule has 2 aliphatic rings. The van der Waals surface area contributed by atoms with Crippen LogP contribution in [0.4, 0.5) is 5.69 Å². The number of nitro benzene ring substituents is 1. The maximum atomic E-state index is 12.1. The first-order chi connectivity index (χ1) is 10.6. The molecule has 1 aliphatic heterocycles. The van der Waals surface area contributed by atoms with Crippen molar-refractivity contribution in [2.45, 2.75) is 31.7 Å². The third kappa shape index (κ3) is 3.62. The van der Waals surface area contributed by atoms with Crippen molar-refractivity contribution in [3.05, 3.63) is 39.9 Å². The molecule has 0 spiro atoms. The van der Waals surface area contributed by atoms with Crippen LogP contribution in [0.1, 0.15) is 36.0 Å². The van der Waals surface area contributed by atoms with E-state index >= 15 is 0 Å². The molecule has 1 saturated heterocycles. The van der Waals surface area contributed by atoms with Crippen LogP contribution in [0.15, 0.2) is 24.3 Å². The number of nitrogens with zero attached hydrogens (tertiary/aromatic N) is 2. The van der Waals surface area contributed by atoms with Gasteiger partial charge < -0.3 is 4.74 Å². The third-order valence-electron chi connectivity index (χ3n) is 4.39. The van der Waals surface area contributed by atoms with E-state index in [1.165, 1.54) is 31.0 Å². The zero-order valence-corrected chi connectivity index (χ0v) is 12.4. The summed E-state index contributed by atoms with van der Waals surface area (Å²) < 4.78 is 5.38. The Labute approximate surface area is 129 Å². The molecule has 22 heavy (non-hydrogen) atoms. The van der Waals surface area contributed by atoms with E-state index in [1.54, 1.807) is 6.07 Å². The van der Waals surface area contributed by atoms with Crippen molar-refractivity contribution in [3.8, 4) is 0 Å². The van der Waals surface area contributed by atoms with Gasteiger partial charge in [0.05, 0.1) is 10.5 Å². The lowest BCUT2D eigenvalue weighted by atomic mass is 10.2. The predicted molar refractivity (Wildman–Crippen MR) is 80.7 cm³/mol. The molecule has 6 nitrogen and oxygen atoms in total. The summed E-state index contributed by atoms with van der Waals surface area (Å²) in [5, 5.41) is 10.7. The highest BCUT2D eigenvalue weighted by Crippen LogP contribution is 2.32. The van der Waals surface area contributed by atoms with Gasteiger partial charge in [0.2, 0.25) is 0 Å². The fourth-order valence-electron chi connectivity index (χ4n) is 2.96. The largest absolute Gasteiger partial charge is 0.460 e. The highest BCUT2D eigenvalue weighted by atomic mass is 16.6. The van der Waals surface area contributed by atoms with E-state index in [-0.39, 0.29) is 11.3 Å². The lowest BCUT2D eigenvalue weighted by Gasteiger charge is -2.23. The summed E-state index contributed by atoms with van der Waals surface area (Å²) in [6.45, 7) is 2.56. The molecular weight excluding hydrogens is 284 g/mol. The number of carbonyl (C=O) groups excluding carboxylic acids is 1. The molecule has 0 aromatic heterocycles. The standard InChI is InChI=1S/C16H20N2O4/c19-16(13-3-1-4-14(9-13)18(20)21)22-11-15-5-2-8-17(15)10-12-6-7-12/h1,3-4,9,12,15H,2,5-8,10-11H2. The van der Waals surface area contributed by atoms with Crippen molar-refractivity contribution in [2.24, 2.45) is 5.92 Å². The van der Waals surface area contributed by atoms with Gasteiger partial charge in [0.15, 0.2) is 0 Å². The molecule has 1 aliphatic carbocycles. The minimum atomic E-state index is -0.509. The summed E-state index contributed by atoms with van der Waals surface area (Å²) in [5.74, 6) is 0.343. The molecule has 3 rings (SSSR count). The normalized spacial score (nSPS) is 21.7. The SMILES string of the molecule is O=C(OCC1CCCN1CC1CC1)c1cccc([N+](=O)[O-])c1. The average Bonchev–Trinajstić information content (AvgIpc) is 3.22. The van der Waals surface area contributed by atoms with E-state index in [0.29, 0.717) is 12.6 Å². The molecule has 1 heterocycles. The lowest BCUT2D eigenvalue weighted by molar-refractivity contribution is -0.384. The Morgan fingerprint density at radius 2 is 2.18 bits per heavy atom. The fourth-order valence-corrected chi connectivity index (χ4v) is 2.96. The summed E-state index contributed by atoms with van der Waals surface area (Å²) in [6.07, 6.45) is 4.83. The maximum absolute atomic E-state index is 12.1. The lowest BCUT2D eigenvalue weighted by Crippen LogP contribution is -2.35. The Morgan fingerprint density at radius 1 is 1.36 bits per heavy atom. The van der Waals surface area contributed by atoms with Crippen LogP contribution in [-0.4, -0.2) is 41.5 Å². The van der Waals surface area contributed by atoms with Gasteiger partial charge in [-0.1, -0.05) is 6.07 Å². The number of ether oxygens (including phenoxy) is 1. The van der Waals surface area contributed by atoms with Crippen molar-refractivity contribution in [2.75, 3.05) is 19.7 Å². The van der Waals surface area contributed by atoms with Crippen LogP contribution < -0.4 is 0 Å². The Balaban J connectivity index is 1.55. The number of benzene rings is 1. The van der Waals surface area contributed by atoms with Gasteiger partial charge in [0.25, 0.3) is 5.69 Å². The van der Waals surface area contributed by atoms with E-state index in [0.717, 1.165) is 31.8 Å². The highest BCUT2D eigenvalue weighted by molar-refractivity contribution is 5.90. The summed E-state index contributed by atoms with van der Waals surface area (Å²) >= 11 is 0. The monoisotopic (exact) mass is 304 g/mol. The first-order valence-corrected chi connectivity index (χ1v) is 7.79. The van der Waals surface area contributed by atoms with Gasteiger partial charge in [-0.3, -0.25) is 15.0 Å². The van der Waals surface area contributed by atoms with Crippen molar-refractivity contribution in [3.63, 3.8) is 0 Å².